The molecule has 1 aromatic carbocycles. The molecule has 1 fully saturated rings. The van der Waals surface area contributed by atoms with Crippen LogP contribution in [0.15, 0.2) is 24.5 Å². The highest BCUT2D eigenvalue weighted by molar-refractivity contribution is 5.49. The van der Waals surface area contributed by atoms with Gasteiger partial charge in [0, 0.05) is 44.7 Å². The molecule has 0 amide bonds. The van der Waals surface area contributed by atoms with Gasteiger partial charge in [-0.25, -0.2) is 9.67 Å². The molecule has 2 aliphatic heterocycles. The number of aryl methyl sites for hydroxylation is 1. The van der Waals surface area contributed by atoms with Crippen molar-refractivity contribution in [2.24, 2.45) is 0 Å². The summed E-state index contributed by atoms with van der Waals surface area (Å²) in [7, 11) is 2.19. The molecule has 0 radical (unpaired) electrons. The Morgan fingerprint density at radius 1 is 1.08 bits per heavy atom. The average Bonchev–Trinajstić information content (AvgIpc) is 3.15. The van der Waals surface area contributed by atoms with Crippen molar-refractivity contribution in [2.75, 3.05) is 46.4 Å². The van der Waals surface area contributed by atoms with Crippen molar-refractivity contribution in [1.29, 1.82) is 0 Å². The molecule has 140 valence electrons. The van der Waals surface area contributed by atoms with Gasteiger partial charge in [0.05, 0.1) is 5.69 Å². The summed E-state index contributed by atoms with van der Waals surface area (Å²) in [4.78, 5) is 9.45. The van der Waals surface area contributed by atoms with E-state index in [1.807, 2.05) is 22.9 Å². The van der Waals surface area contributed by atoms with E-state index >= 15 is 0 Å². The Bertz CT molecular complexity index is 739. The van der Waals surface area contributed by atoms with Crippen LogP contribution in [0.4, 0.5) is 0 Å². The van der Waals surface area contributed by atoms with Crippen molar-refractivity contribution < 1.29 is 9.47 Å². The van der Waals surface area contributed by atoms with Crippen LogP contribution >= 0.6 is 0 Å². The van der Waals surface area contributed by atoms with Crippen molar-refractivity contribution in [2.45, 2.75) is 25.8 Å². The van der Waals surface area contributed by atoms with Gasteiger partial charge < -0.3 is 14.4 Å². The highest BCUT2D eigenvalue weighted by atomic mass is 16.6. The van der Waals surface area contributed by atoms with E-state index in [4.69, 9.17) is 9.47 Å². The number of aromatic nitrogens is 3. The van der Waals surface area contributed by atoms with Crippen LogP contribution < -0.4 is 9.47 Å². The smallest absolute Gasteiger partial charge is 0.163 e. The van der Waals surface area contributed by atoms with Gasteiger partial charge in [-0.2, -0.15) is 5.10 Å². The van der Waals surface area contributed by atoms with E-state index in [2.05, 4.69) is 33.9 Å². The molecule has 0 bridgehead atoms. The molecule has 0 N–H and O–H groups in total. The fraction of sp³-hybridized carbons (Fsp3) is 0.579. The summed E-state index contributed by atoms with van der Waals surface area (Å²) >= 11 is 0. The summed E-state index contributed by atoms with van der Waals surface area (Å²) in [6.07, 6.45) is 3.61. The SMILES string of the molecule is C[C@@H](CCc1ncnn1-c1ccc2c(c1)OCCO2)N1CCN(C)CC1. The van der Waals surface area contributed by atoms with E-state index in [1.54, 1.807) is 6.33 Å². The summed E-state index contributed by atoms with van der Waals surface area (Å²) < 4.78 is 13.2. The quantitative estimate of drug-likeness (QED) is 0.810. The fourth-order valence-electron chi connectivity index (χ4n) is 3.60. The molecule has 0 spiro atoms. The summed E-state index contributed by atoms with van der Waals surface area (Å²) in [5.74, 6) is 2.56. The van der Waals surface area contributed by atoms with Crippen molar-refractivity contribution in [1.82, 2.24) is 24.6 Å². The van der Waals surface area contributed by atoms with Gasteiger partial charge in [0.1, 0.15) is 25.4 Å². The summed E-state index contributed by atoms with van der Waals surface area (Å²) in [5, 5.41) is 4.42. The Kier molecular flexibility index (Phi) is 5.08. The Morgan fingerprint density at radius 2 is 1.85 bits per heavy atom. The number of piperazine rings is 1. The first kappa shape index (κ1) is 17.3. The van der Waals surface area contributed by atoms with Gasteiger partial charge in [0.15, 0.2) is 11.5 Å². The van der Waals surface area contributed by atoms with Gasteiger partial charge in [-0.3, -0.25) is 4.90 Å². The minimum Gasteiger partial charge on any atom is -0.486 e. The molecule has 2 aromatic rings. The lowest BCUT2D eigenvalue weighted by atomic mass is 10.1. The zero-order chi connectivity index (χ0) is 17.9. The van der Waals surface area contributed by atoms with Gasteiger partial charge >= 0.3 is 0 Å². The molecule has 0 saturated carbocycles. The highest BCUT2D eigenvalue weighted by Crippen LogP contribution is 2.32. The van der Waals surface area contributed by atoms with Crippen LogP contribution in [0.1, 0.15) is 19.2 Å². The number of nitrogens with zero attached hydrogens (tertiary/aromatic N) is 5. The van der Waals surface area contributed by atoms with Gasteiger partial charge in [0.25, 0.3) is 0 Å². The number of likely N-dealkylation sites (N-methyl/N-ethyl adjacent to an activating group) is 1. The van der Waals surface area contributed by atoms with Crippen LogP contribution in [0.2, 0.25) is 0 Å². The Labute approximate surface area is 154 Å². The van der Waals surface area contributed by atoms with E-state index in [0.29, 0.717) is 19.3 Å². The predicted molar refractivity (Wildman–Crippen MR) is 99.2 cm³/mol. The second kappa shape index (κ2) is 7.63. The van der Waals surface area contributed by atoms with Crippen LogP contribution in [0.5, 0.6) is 11.5 Å². The topological polar surface area (TPSA) is 55.7 Å². The fourth-order valence-corrected chi connectivity index (χ4v) is 3.60. The highest BCUT2D eigenvalue weighted by Gasteiger charge is 2.20. The molecule has 0 unspecified atom stereocenters. The number of ether oxygens (including phenoxy) is 2. The van der Waals surface area contributed by atoms with Gasteiger partial charge in [-0.05, 0) is 32.5 Å². The van der Waals surface area contributed by atoms with Crippen LogP contribution in [-0.2, 0) is 6.42 Å². The molecule has 4 rings (SSSR count). The third-order valence-corrected chi connectivity index (χ3v) is 5.34. The predicted octanol–water partition coefficient (Wildman–Crippen LogP) is 1.61. The Morgan fingerprint density at radius 3 is 2.65 bits per heavy atom. The molecule has 2 aliphatic rings. The number of rotatable bonds is 5. The second-order valence-corrected chi connectivity index (χ2v) is 7.14. The van der Waals surface area contributed by atoms with Gasteiger partial charge in [-0.15, -0.1) is 0 Å². The first-order valence-corrected chi connectivity index (χ1v) is 9.42. The summed E-state index contributed by atoms with van der Waals surface area (Å²) in [5.41, 5.74) is 0.967. The molecule has 7 heteroatoms. The van der Waals surface area contributed by atoms with E-state index < -0.39 is 0 Å². The lowest BCUT2D eigenvalue weighted by Crippen LogP contribution is -2.48. The van der Waals surface area contributed by atoms with Crippen LogP contribution in [0.25, 0.3) is 5.69 Å². The maximum atomic E-state index is 5.69. The normalized spacial score (nSPS) is 19.5. The van der Waals surface area contributed by atoms with E-state index in [9.17, 15) is 0 Å². The van der Waals surface area contributed by atoms with Crippen LogP contribution in [0, 0.1) is 0 Å². The van der Waals surface area contributed by atoms with Crippen molar-refractivity contribution in [3.05, 3.63) is 30.4 Å². The molecule has 1 atom stereocenters. The third kappa shape index (κ3) is 3.68. The molecular weight excluding hydrogens is 330 g/mol. The van der Waals surface area contributed by atoms with Crippen LogP contribution in [-0.4, -0.2) is 77.0 Å². The van der Waals surface area contributed by atoms with Gasteiger partial charge in [0.2, 0.25) is 0 Å². The number of hydrogen-bond acceptors (Lipinski definition) is 6. The molecule has 7 nitrogen and oxygen atoms in total. The molecule has 1 aromatic heterocycles. The second-order valence-electron chi connectivity index (χ2n) is 7.14. The first-order valence-electron chi connectivity index (χ1n) is 9.42. The van der Waals surface area contributed by atoms with Crippen molar-refractivity contribution in [3.8, 4) is 17.2 Å². The number of benzene rings is 1. The molecule has 1 saturated heterocycles. The average molecular weight is 357 g/mol. The molecule has 3 heterocycles. The zero-order valence-electron chi connectivity index (χ0n) is 15.6. The largest absolute Gasteiger partial charge is 0.486 e. The monoisotopic (exact) mass is 357 g/mol. The maximum Gasteiger partial charge on any atom is 0.163 e. The van der Waals surface area contributed by atoms with E-state index in [-0.39, 0.29) is 0 Å². The Hall–Kier alpha value is -2.12. The maximum absolute atomic E-state index is 5.69. The number of fused-ring (bicyclic) bond motifs is 1. The van der Waals surface area contributed by atoms with Crippen LogP contribution in [0.3, 0.4) is 0 Å². The van der Waals surface area contributed by atoms with Gasteiger partial charge in [-0.1, -0.05) is 0 Å². The standard InChI is InChI=1S/C19H27N5O2/c1-15(23-9-7-22(2)8-10-23)3-6-19-20-14-21-24(19)16-4-5-17-18(13-16)26-12-11-25-17/h4-5,13-15H,3,6-12H2,1-2H3/t15-/m0/s1. The first-order chi connectivity index (χ1) is 12.7. The molecule has 0 aliphatic carbocycles. The minimum atomic E-state index is 0.550. The molecular formula is C19H27N5O2. The van der Waals surface area contributed by atoms with Crippen molar-refractivity contribution >= 4 is 0 Å². The van der Waals surface area contributed by atoms with Crippen molar-refractivity contribution in [3.63, 3.8) is 0 Å². The van der Waals surface area contributed by atoms with E-state index in [1.165, 1.54) is 0 Å². The number of hydrogen-bond donors (Lipinski definition) is 0. The summed E-state index contributed by atoms with van der Waals surface area (Å²) in [6.45, 7) is 8.10. The lowest BCUT2D eigenvalue weighted by Gasteiger charge is -2.36. The zero-order valence-corrected chi connectivity index (χ0v) is 15.6. The summed E-state index contributed by atoms with van der Waals surface area (Å²) in [6, 6.07) is 6.49. The van der Waals surface area contributed by atoms with E-state index in [0.717, 1.165) is 62.0 Å². The lowest BCUT2D eigenvalue weighted by molar-refractivity contribution is 0.114. The third-order valence-electron chi connectivity index (χ3n) is 5.34. The molecule has 26 heavy (non-hydrogen) atoms. The minimum absolute atomic E-state index is 0.550. The Balaban J connectivity index is 1.42.